The Kier molecular flexibility index (Phi) is 6.46. The fraction of sp³-hybridized carbons (Fsp3) is 0.867. The van der Waals surface area contributed by atoms with E-state index in [1.165, 1.54) is 0 Å². The van der Waals surface area contributed by atoms with Crippen LogP contribution in [-0.4, -0.2) is 37.0 Å². The molecule has 3 N–H and O–H groups in total. The van der Waals surface area contributed by atoms with Gasteiger partial charge in [-0.05, 0) is 38.1 Å². The van der Waals surface area contributed by atoms with Gasteiger partial charge in [0.25, 0.3) is 0 Å². The molecule has 0 saturated carbocycles. The van der Waals surface area contributed by atoms with Crippen molar-refractivity contribution in [2.75, 3.05) is 13.1 Å². The molecule has 0 aromatic rings. The van der Waals surface area contributed by atoms with Crippen molar-refractivity contribution < 1.29 is 9.59 Å². The van der Waals surface area contributed by atoms with Crippen LogP contribution in [-0.2, 0) is 9.59 Å². The van der Waals surface area contributed by atoms with E-state index in [-0.39, 0.29) is 29.3 Å². The highest BCUT2D eigenvalue weighted by atomic mass is 16.2. The Morgan fingerprint density at radius 1 is 1.40 bits per heavy atom. The lowest BCUT2D eigenvalue weighted by Gasteiger charge is -2.38. The average Bonchev–Trinajstić information content (AvgIpc) is 2.37. The van der Waals surface area contributed by atoms with E-state index < -0.39 is 0 Å². The molecule has 1 aliphatic rings. The highest BCUT2D eigenvalue weighted by Gasteiger charge is 2.36. The Balaban J connectivity index is 2.31. The van der Waals surface area contributed by atoms with Crippen LogP contribution in [0.4, 0.5) is 0 Å². The zero-order valence-corrected chi connectivity index (χ0v) is 13.2. The molecule has 116 valence electrons. The number of piperidine rings is 1. The average molecular weight is 283 g/mol. The Morgan fingerprint density at radius 3 is 2.70 bits per heavy atom. The van der Waals surface area contributed by atoms with Crippen LogP contribution < -0.4 is 16.0 Å². The Bertz CT molecular complexity index is 342. The van der Waals surface area contributed by atoms with Crippen molar-refractivity contribution in [1.82, 2.24) is 16.0 Å². The van der Waals surface area contributed by atoms with Gasteiger partial charge in [0, 0.05) is 19.0 Å². The molecule has 5 heteroatoms. The third-order valence-electron chi connectivity index (χ3n) is 4.06. The largest absolute Gasteiger partial charge is 0.354 e. The molecule has 1 fully saturated rings. The van der Waals surface area contributed by atoms with E-state index in [2.05, 4.69) is 29.8 Å². The van der Waals surface area contributed by atoms with Gasteiger partial charge >= 0.3 is 0 Å². The normalized spacial score (nSPS) is 22.9. The number of carbonyl (C=O) groups excluding carboxylic acids is 2. The van der Waals surface area contributed by atoms with E-state index in [0.29, 0.717) is 13.0 Å². The van der Waals surface area contributed by atoms with Gasteiger partial charge in [-0.25, -0.2) is 0 Å². The summed E-state index contributed by atoms with van der Waals surface area (Å²) < 4.78 is 0. The van der Waals surface area contributed by atoms with Crippen molar-refractivity contribution in [3.8, 4) is 0 Å². The summed E-state index contributed by atoms with van der Waals surface area (Å²) in [4.78, 5) is 23.8. The van der Waals surface area contributed by atoms with Gasteiger partial charge in [-0.2, -0.15) is 0 Å². The van der Waals surface area contributed by atoms with Crippen LogP contribution in [0, 0.1) is 5.41 Å². The summed E-state index contributed by atoms with van der Waals surface area (Å²) in [6, 6.07) is 0.0334. The van der Waals surface area contributed by atoms with Crippen molar-refractivity contribution in [3.05, 3.63) is 0 Å². The third kappa shape index (κ3) is 5.12. The lowest BCUT2D eigenvalue weighted by molar-refractivity contribution is -0.127. The molecule has 1 saturated heterocycles. The van der Waals surface area contributed by atoms with Crippen molar-refractivity contribution in [2.24, 2.45) is 5.41 Å². The maximum Gasteiger partial charge on any atom is 0.237 e. The Morgan fingerprint density at radius 2 is 2.10 bits per heavy atom. The van der Waals surface area contributed by atoms with Gasteiger partial charge in [0.05, 0.1) is 6.04 Å². The summed E-state index contributed by atoms with van der Waals surface area (Å²) in [6.45, 7) is 9.51. The molecule has 0 bridgehead atoms. The number of rotatable bonds is 6. The second kappa shape index (κ2) is 7.62. The summed E-state index contributed by atoms with van der Waals surface area (Å²) in [7, 11) is 0. The van der Waals surface area contributed by atoms with E-state index in [1.807, 2.05) is 13.8 Å². The fourth-order valence-electron chi connectivity index (χ4n) is 2.51. The molecule has 5 nitrogen and oxygen atoms in total. The van der Waals surface area contributed by atoms with Crippen LogP contribution in [0.3, 0.4) is 0 Å². The summed E-state index contributed by atoms with van der Waals surface area (Å²) in [5.74, 6) is 0.00144. The molecule has 0 aromatic heterocycles. The Labute approximate surface area is 122 Å². The van der Waals surface area contributed by atoms with Gasteiger partial charge in [0.1, 0.15) is 0 Å². The molecular formula is C15H29N3O2. The van der Waals surface area contributed by atoms with Crippen LogP contribution in [0.15, 0.2) is 0 Å². The summed E-state index contributed by atoms with van der Waals surface area (Å²) in [5.41, 5.74) is -0.0265. The van der Waals surface area contributed by atoms with Crippen LogP contribution >= 0.6 is 0 Å². The summed E-state index contributed by atoms with van der Waals surface area (Å²) >= 11 is 0. The number of amides is 2. The molecule has 2 amide bonds. The smallest absolute Gasteiger partial charge is 0.237 e. The van der Waals surface area contributed by atoms with Crippen LogP contribution in [0.25, 0.3) is 0 Å². The molecule has 1 heterocycles. The number of nitrogens with one attached hydrogen (secondary N) is 3. The van der Waals surface area contributed by atoms with E-state index in [0.717, 1.165) is 25.8 Å². The minimum absolute atomic E-state index is 0.00415. The first-order chi connectivity index (χ1) is 9.36. The molecule has 1 rings (SSSR count). The van der Waals surface area contributed by atoms with Crippen molar-refractivity contribution in [1.29, 1.82) is 0 Å². The van der Waals surface area contributed by atoms with Crippen LogP contribution in [0.2, 0.25) is 0 Å². The van der Waals surface area contributed by atoms with Gasteiger partial charge < -0.3 is 16.0 Å². The first-order valence-electron chi connectivity index (χ1n) is 7.67. The SMILES string of the molecule is CCC(C)NC(=O)CCNC(=O)C1NCCCC1(C)C. The minimum Gasteiger partial charge on any atom is -0.354 e. The van der Waals surface area contributed by atoms with Gasteiger partial charge in [0.2, 0.25) is 11.8 Å². The minimum atomic E-state index is -0.158. The molecule has 0 aliphatic carbocycles. The fourth-order valence-corrected chi connectivity index (χ4v) is 2.51. The molecule has 0 aromatic carbocycles. The van der Waals surface area contributed by atoms with Crippen LogP contribution in [0.1, 0.15) is 53.4 Å². The monoisotopic (exact) mass is 283 g/mol. The highest BCUT2D eigenvalue weighted by molar-refractivity contribution is 5.83. The summed E-state index contributed by atoms with van der Waals surface area (Å²) in [6.07, 6.45) is 3.40. The molecule has 0 radical (unpaired) electrons. The van der Waals surface area contributed by atoms with Crippen molar-refractivity contribution >= 4 is 11.8 Å². The summed E-state index contributed by atoms with van der Waals surface area (Å²) in [5, 5.41) is 9.04. The van der Waals surface area contributed by atoms with Crippen molar-refractivity contribution in [3.63, 3.8) is 0 Å². The maximum atomic E-state index is 12.2. The second-order valence-corrected chi connectivity index (χ2v) is 6.40. The zero-order chi connectivity index (χ0) is 15.2. The van der Waals surface area contributed by atoms with Gasteiger partial charge in [-0.1, -0.05) is 20.8 Å². The number of hydrogen-bond donors (Lipinski definition) is 3. The molecule has 1 aliphatic heterocycles. The Hall–Kier alpha value is -1.10. The maximum absolute atomic E-state index is 12.2. The number of hydrogen-bond acceptors (Lipinski definition) is 3. The highest BCUT2D eigenvalue weighted by Crippen LogP contribution is 2.29. The number of carbonyl (C=O) groups is 2. The van der Waals surface area contributed by atoms with Crippen molar-refractivity contribution in [2.45, 2.75) is 65.5 Å². The third-order valence-corrected chi connectivity index (χ3v) is 4.06. The molecule has 0 spiro atoms. The van der Waals surface area contributed by atoms with Gasteiger partial charge in [-0.15, -0.1) is 0 Å². The predicted octanol–water partition coefficient (Wildman–Crippen LogP) is 1.19. The van der Waals surface area contributed by atoms with E-state index in [1.54, 1.807) is 0 Å². The first-order valence-corrected chi connectivity index (χ1v) is 7.67. The topological polar surface area (TPSA) is 70.2 Å². The second-order valence-electron chi connectivity index (χ2n) is 6.40. The molecule has 2 atom stereocenters. The van der Waals surface area contributed by atoms with Gasteiger partial charge in [0.15, 0.2) is 0 Å². The first kappa shape index (κ1) is 17.0. The standard InChI is InChI=1S/C15H29N3O2/c1-5-11(2)18-12(19)7-10-17-14(20)13-15(3,4)8-6-9-16-13/h11,13,16H,5-10H2,1-4H3,(H,17,20)(H,18,19). The lowest BCUT2D eigenvalue weighted by Crippen LogP contribution is -2.55. The van der Waals surface area contributed by atoms with E-state index in [4.69, 9.17) is 0 Å². The van der Waals surface area contributed by atoms with E-state index >= 15 is 0 Å². The molecule has 20 heavy (non-hydrogen) atoms. The van der Waals surface area contributed by atoms with Crippen LogP contribution in [0.5, 0.6) is 0 Å². The molecular weight excluding hydrogens is 254 g/mol. The quantitative estimate of drug-likeness (QED) is 0.685. The van der Waals surface area contributed by atoms with Gasteiger partial charge in [-0.3, -0.25) is 9.59 Å². The zero-order valence-electron chi connectivity index (χ0n) is 13.2. The lowest BCUT2D eigenvalue weighted by atomic mass is 9.77. The predicted molar refractivity (Wildman–Crippen MR) is 80.3 cm³/mol. The van der Waals surface area contributed by atoms with E-state index in [9.17, 15) is 9.59 Å². The molecule has 2 unspecified atom stereocenters.